The Hall–Kier alpha value is -1.83. The molecular weight excluding hydrogens is 252 g/mol. The van der Waals surface area contributed by atoms with Crippen LogP contribution in [0.1, 0.15) is 26.2 Å². The zero-order valence-corrected chi connectivity index (χ0v) is 11.0. The van der Waals surface area contributed by atoms with Crippen LogP contribution in [0.25, 0.3) is 0 Å². The molecule has 2 N–H and O–H groups in total. The maximum absolute atomic E-state index is 12.1. The summed E-state index contributed by atoms with van der Waals surface area (Å²) in [5.74, 6) is -0.607. The van der Waals surface area contributed by atoms with Gasteiger partial charge in [0.2, 0.25) is 5.91 Å². The molecule has 0 saturated carbocycles. The first-order valence-electron chi connectivity index (χ1n) is 6.31. The van der Waals surface area contributed by atoms with E-state index in [2.05, 4.69) is 5.43 Å². The molecular formula is C11H18N4O4. The molecule has 2 fully saturated rings. The van der Waals surface area contributed by atoms with E-state index < -0.39 is 18.0 Å². The van der Waals surface area contributed by atoms with Crippen molar-refractivity contribution in [3.8, 4) is 0 Å². The molecule has 4 amide bonds. The molecule has 0 radical (unpaired) electrons. The summed E-state index contributed by atoms with van der Waals surface area (Å²) in [7, 11) is 1.47. The van der Waals surface area contributed by atoms with E-state index >= 15 is 0 Å². The molecule has 19 heavy (non-hydrogen) atoms. The highest BCUT2D eigenvalue weighted by molar-refractivity contribution is 5.89. The van der Waals surface area contributed by atoms with E-state index in [9.17, 15) is 19.6 Å². The maximum Gasteiger partial charge on any atom is 0.344 e. The molecule has 0 aromatic carbocycles. The van der Waals surface area contributed by atoms with Crippen LogP contribution >= 0.6 is 0 Å². The molecule has 1 unspecified atom stereocenters. The maximum atomic E-state index is 12.1. The number of carbonyl (C=O) groups excluding carboxylic acids is 3. The Morgan fingerprint density at radius 3 is 2.79 bits per heavy atom. The smallest absolute Gasteiger partial charge is 0.309 e. The van der Waals surface area contributed by atoms with Gasteiger partial charge >= 0.3 is 6.03 Å². The lowest BCUT2D eigenvalue weighted by Gasteiger charge is -2.30. The van der Waals surface area contributed by atoms with Crippen LogP contribution < -0.4 is 5.43 Å². The summed E-state index contributed by atoms with van der Waals surface area (Å²) in [5, 5.41) is 11.3. The number of urea groups is 1. The summed E-state index contributed by atoms with van der Waals surface area (Å²) >= 11 is 0. The lowest BCUT2D eigenvalue weighted by molar-refractivity contribution is -0.141. The van der Waals surface area contributed by atoms with E-state index in [1.54, 1.807) is 6.92 Å². The fourth-order valence-electron chi connectivity index (χ4n) is 2.46. The normalized spacial score (nSPS) is 25.5. The molecule has 2 heterocycles. The van der Waals surface area contributed by atoms with Crippen molar-refractivity contribution in [2.45, 2.75) is 38.3 Å². The average Bonchev–Trinajstić information content (AvgIpc) is 2.63. The molecule has 8 heteroatoms. The van der Waals surface area contributed by atoms with Crippen molar-refractivity contribution in [2.75, 3.05) is 13.6 Å². The van der Waals surface area contributed by atoms with Gasteiger partial charge in [-0.25, -0.2) is 9.86 Å². The van der Waals surface area contributed by atoms with Gasteiger partial charge in [-0.2, -0.15) is 0 Å². The van der Waals surface area contributed by atoms with Crippen LogP contribution in [0.3, 0.4) is 0 Å². The Labute approximate surface area is 110 Å². The largest absolute Gasteiger partial charge is 0.344 e. The zero-order chi connectivity index (χ0) is 14.2. The lowest BCUT2D eigenvalue weighted by Crippen LogP contribution is -2.54. The molecule has 2 aliphatic heterocycles. The Bertz CT molecular complexity index is 413. The number of nitrogens with one attached hydrogen (secondary N) is 1. The van der Waals surface area contributed by atoms with E-state index in [1.807, 2.05) is 0 Å². The van der Waals surface area contributed by atoms with Gasteiger partial charge in [0.15, 0.2) is 0 Å². The molecule has 8 nitrogen and oxygen atoms in total. The fraction of sp³-hybridized carbons (Fsp3) is 0.727. The monoisotopic (exact) mass is 270 g/mol. The van der Waals surface area contributed by atoms with Crippen LogP contribution in [0.4, 0.5) is 4.79 Å². The van der Waals surface area contributed by atoms with Crippen LogP contribution in [-0.2, 0) is 9.59 Å². The summed E-state index contributed by atoms with van der Waals surface area (Å²) < 4.78 is 0. The summed E-state index contributed by atoms with van der Waals surface area (Å²) in [6, 6.07) is -1.41. The van der Waals surface area contributed by atoms with Gasteiger partial charge in [0.1, 0.15) is 6.04 Å². The van der Waals surface area contributed by atoms with E-state index in [0.29, 0.717) is 24.4 Å². The van der Waals surface area contributed by atoms with Crippen molar-refractivity contribution >= 4 is 17.8 Å². The van der Waals surface area contributed by atoms with Gasteiger partial charge in [-0.15, -0.1) is 0 Å². The molecule has 0 aromatic rings. The topological polar surface area (TPSA) is 93.2 Å². The molecule has 2 bridgehead atoms. The zero-order valence-electron chi connectivity index (χ0n) is 11.0. The predicted octanol–water partition coefficient (Wildman–Crippen LogP) is -0.456. The van der Waals surface area contributed by atoms with Crippen LogP contribution in [0, 0.1) is 0 Å². The molecule has 0 aliphatic carbocycles. The van der Waals surface area contributed by atoms with Crippen molar-refractivity contribution < 1.29 is 19.6 Å². The highest BCUT2D eigenvalue weighted by atomic mass is 16.5. The number of hydrogen-bond acceptors (Lipinski definition) is 4. The SMILES string of the molecule is CCC(=O)N(C)NC(=O)[C@@H]1CCC2CN1C(=O)N2O. The number of carbonyl (C=O) groups is 3. The minimum absolute atomic E-state index is 0.210. The van der Waals surface area contributed by atoms with Crippen LogP contribution in [0.5, 0.6) is 0 Å². The number of nitrogens with zero attached hydrogens (tertiary/aromatic N) is 3. The third kappa shape index (κ3) is 2.35. The van der Waals surface area contributed by atoms with Gasteiger partial charge < -0.3 is 4.90 Å². The number of rotatable bonds is 2. The van der Waals surface area contributed by atoms with E-state index in [4.69, 9.17) is 0 Å². The number of hydrogen-bond donors (Lipinski definition) is 2. The number of hydrazine groups is 1. The van der Waals surface area contributed by atoms with Gasteiger partial charge in [0, 0.05) is 20.0 Å². The second-order valence-corrected chi connectivity index (χ2v) is 4.81. The van der Waals surface area contributed by atoms with Gasteiger partial charge in [-0.3, -0.25) is 25.2 Å². The molecule has 2 aliphatic rings. The minimum Gasteiger partial charge on any atom is -0.309 e. The molecule has 0 aromatic heterocycles. The van der Waals surface area contributed by atoms with Crippen molar-refractivity contribution in [3.63, 3.8) is 0 Å². The predicted molar refractivity (Wildman–Crippen MR) is 63.7 cm³/mol. The van der Waals surface area contributed by atoms with Gasteiger partial charge in [-0.1, -0.05) is 6.92 Å². The first kappa shape index (κ1) is 13.6. The molecule has 0 spiro atoms. The summed E-state index contributed by atoms with van der Waals surface area (Å²) in [6.45, 7) is 2.04. The minimum atomic E-state index is -0.631. The number of fused-ring (bicyclic) bond motifs is 2. The van der Waals surface area contributed by atoms with E-state index in [1.165, 1.54) is 11.9 Å². The van der Waals surface area contributed by atoms with Crippen molar-refractivity contribution in [3.05, 3.63) is 0 Å². The average molecular weight is 270 g/mol. The molecule has 2 atom stereocenters. The van der Waals surface area contributed by atoms with Crippen LogP contribution in [0.2, 0.25) is 0 Å². The highest BCUT2D eigenvalue weighted by Gasteiger charge is 2.46. The summed E-state index contributed by atoms with van der Waals surface area (Å²) in [4.78, 5) is 36.5. The second kappa shape index (κ2) is 5.04. The van der Waals surface area contributed by atoms with E-state index in [0.717, 1.165) is 5.01 Å². The summed E-state index contributed by atoms with van der Waals surface area (Å²) in [5.41, 5.74) is 2.47. The van der Waals surface area contributed by atoms with Gasteiger partial charge in [0.05, 0.1) is 6.04 Å². The quantitative estimate of drug-likeness (QED) is 0.524. The fourth-order valence-corrected chi connectivity index (χ4v) is 2.46. The summed E-state index contributed by atoms with van der Waals surface area (Å²) in [6.07, 6.45) is 1.34. The highest BCUT2D eigenvalue weighted by Crippen LogP contribution is 2.28. The standard InChI is InChI=1S/C11H18N4O4/c1-3-9(16)13(2)12-10(17)8-5-4-7-6-14(8)11(18)15(7)19/h7-8,19H,3-6H2,1-2H3,(H,12,17)/t7?,8-/m0/s1. The van der Waals surface area contributed by atoms with Crippen LogP contribution in [0.15, 0.2) is 0 Å². The van der Waals surface area contributed by atoms with Crippen LogP contribution in [-0.4, -0.2) is 63.7 Å². The van der Waals surface area contributed by atoms with E-state index in [-0.39, 0.29) is 18.4 Å². The Morgan fingerprint density at radius 2 is 2.16 bits per heavy atom. The van der Waals surface area contributed by atoms with Gasteiger partial charge in [0.25, 0.3) is 5.91 Å². The first-order chi connectivity index (χ1) is 8.95. The number of hydroxylamine groups is 2. The molecule has 2 saturated heterocycles. The van der Waals surface area contributed by atoms with Crippen molar-refractivity contribution in [1.29, 1.82) is 0 Å². The van der Waals surface area contributed by atoms with Gasteiger partial charge in [-0.05, 0) is 12.8 Å². The third-order valence-corrected chi connectivity index (χ3v) is 3.60. The second-order valence-electron chi connectivity index (χ2n) is 4.81. The Balaban J connectivity index is 2.00. The number of piperidine rings is 1. The third-order valence-electron chi connectivity index (χ3n) is 3.60. The van der Waals surface area contributed by atoms with Crippen molar-refractivity contribution in [2.24, 2.45) is 0 Å². The molecule has 2 rings (SSSR count). The lowest BCUT2D eigenvalue weighted by atomic mass is 10.0. The Kier molecular flexibility index (Phi) is 3.61. The number of amides is 4. The Morgan fingerprint density at radius 1 is 1.47 bits per heavy atom. The van der Waals surface area contributed by atoms with Crippen molar-refractivity contribution in [1.82, 2.24) is 20.4 Å². The molecule has 106 valence electrons. The first-order valence-corrected chi connectivity index (χ1v) is 6.31.